The number of hydrogen-bond acceptors (Lipinski definition) is 3. The maximum Gasteiger partial charge on any atom is 0.319 e. The summed E-state index contributed by atoms with van der Waals surface area (Å²) in [6, 6.07) is 11.7. The van der Waals surface area contributed by atoms with E-state index < -0.39 is 16.1 Å². The van der Waals surface area contributed by atoms with Crippen LogP contribution in [-0.4, -0.2) is 20.7 Å². The number of rotatable bonds is 5. The first-order valence-electron chi connectivity index (χ1n) is 6.69. The fourth-order valence-corrected chi connectivity index (χ4v) is 2.40. The molecule has 0 bridgehead atoms. The number of anilines is 2. The van der Waals surface area contributed by atoms with E-state index in [9.17, 15) is 17.6 Å². The van der Waals surface area contributed by atoms with Crippen molar-refractivity contribution in [3.05, 3.63) is 59.9 Å². The van der Waals surface area contributed by atoms with Gasteiger partial charge in [0.15, 0.2) is 0 Å². The van der Waals surface area contributed by atoms with Crippen LogP contribution in [-0.2, 0) is 16.6 Å². The van der Waals surface area contributed by atoms with Crippen LogP contribution in [0.15, 0.2) is 48.5 Å². The van der Waals surface area contributed by atoms with Crippen LogP contribution in [0.1, 0.15) is 5.56 Å². The van der Waals surface area contributed by atoms with Gasteiger partial charge in [0.25, 0.3) is 0 Å². The maximum absolute atomic E-state index is 13.0. The minimum Gasteiger partial charge on any atom is -0.334 e. The third-order valence-electron chi connectivity index (χ3n) is 2.79. The molecule has 6 nitrogen and oxygen atoms in total. The summed E-state index contributed by atoms with van der Waals surface area (Å²) < 4.78 is 37.5. The molecule has 0 heterocycles. The van der Waals surface area contributed by atoms with Crippen LogP contribution in [0.25, 0.3) is 0 Å². The van der Waals surface area contributed by atoms with Crippen molar-refractivity contribution in [2.75, 3.05) is 16.3 Å². The standard InChI is InChI=1S/C15H16FN3O3S/c1-23(21,22)19-14-7-5-13(6-8-14)18-15(20)17-10-11-3-2-4-12(16)9-11/h2-9,19H,10H2,1H3,(H2,17,18,20). The van der Waals surface area contributed by atoms with E-state index in [1.165, 1.54) is 24.3 Å². The lowest BCUT2D eigenvalue weighted by atomic mass is 10.2. The summed E-state index contributed by atoms with van der Waals surface area (Å²) in [4.78, 5) is 11.8. The highest BCUT2D eigenvalue weighted by atomic mass is 32.2. The highest BCUT2D eigenvalue weighted by molar-refractivity contribution is 7.92. The zero-order valence-corrected chi connectivity index (χ0v) is 13.2. The van der Waals surface area contributed by atoms with E-state index in [1.807, 2.05) is 0 Å². The number of carbonyl (C=O) groups is 1. The molecule has 122 valence electrons. The summed E-state index contributed by atoms with van der Waals surface area (Å²) in [6.07, 6.45) is 1.05. The molecule has 3 N–H and O–H groups in total. The Kier molecular flexibility index (Phi) is 5.17. The molecular weight excluding hydrogens is 321 g/mol. The Morgan fingerprint density at radius 2 is 1.74 bits per heavy atom. The van der Waals surface area contributed by atoms with Crippen molar-refractivity contribution in [3.8, 4) is 0 Å². The van der Waals surface area contributed by atoms with Crippen molar-refractivity contribution in [3.63, 3.8) is 0 Å². The van der Waals surface area contributed by atoms with Crippen molar-refractivity contribution in [2.24, 2.45) is 0 Å². The number of carbonyl (C=O) groups excluding carboxylic acids is 1. The molecule has 2 amide bonds. The number of amides is 2. The van der Waals surface area contributed by atoms with Crippen LogP contribution in [0.3, 0.4) is 0 Å². The first kappa shape index (κ1) is 16.8. The predicted molar refractivity (Wildman–Crippen MR) is 87.2 cm³/mol. The molecule has 0 aliphatic heterocycles. The zero-order valence-electron chi connectivity index (χ0n) is 12.3. The summed E-state index contributed by atoms with van der Waals surface area (Å²) in [5, 5.41) is 5.20. The molecule has 0 spiro atoms. The van der Waals surface area contributed by atoms with E-state index >= 15 is 0 Å². The molecule has 0 aliphatic rings. The van der Waals surface area contributed by atoms with Gasteiger partial charge in [0, 0.05) is 17.9 Å². The average Bonchev–Trinajstić information content (AvgIpc) is 2.46. The van der Waals surface area contributed by atoms with Crippen molar-refractivity contribution in [1.82, 2.24) is 5.32 Å². The Morgan fingerprint density at radius 1 is 1.09 bits per heavy atom. The second-order valence-corrected chi connectivity index (χ2v) is 6.64. The molecule has 0 saturated carbocycles. The van der Waals surface area contributed by atoms with E-state index in [1.54, 1.807) is 24.3 Å². The Hall–Kier alpha value is -2.61. The summed E-state index contributed by atoms with van der Waals surface area (Å²) in [5.74, 6) is -0.362. The lowest BCUT2D eigenvalue weighted by molar-refractivity contribution is 0.251. The molecule has 2 aromatic rings. The maximum atomic E-state index is 13.0. The number of halogens is 1. The van der Waals surface area contributed by atoms with Crippen LogP contribution < -0.4 is 15.4 Å². The van der Waals surface area contributed by atoms with E-state index in [-0.39, 0.29) is 12.4 Å². The van der Waals surface area contributed by atoms with Crippen LogP contribution in [0.2, 0.25) is 0 Å². The molecule has 0 radical (unpaired) electrons. The Morgan fingerprint density at radius 3 is 2.35 bits per heavy atom. The van der Waals surface area contributed by atoms with E-state index in [2.05, 4.69) is 15.4 Å². The highest BCUT2D eigenvalue weighted by Crippen LogP contribution is 2.14. The molecule has 0 saturated heterocycles. The van der Waals surface area contributed by atoms with Gasteiger partial charge in [-0.1, -0.05) is 12.1 Å². The summed E-state index contributed by atoms with van der Waals surface area (Å²) in [7, 11) is -3.34. The third-order valence-corrected chi connectivity index (χ3v) is 3.39. The average molecular weight is 337 g/mol. The van der Waals surface area contributed by atoms with Gasteiger partial charge in [-0.25, -0.2) is 17.6 Å². The third kappa shape index (κ3) is 5.95. The van der Waals surface area contributed by atoms with Gasteiger partial charge < -0.3 is 10.6 Å². The molecule has 2 aromatic carbocycles. The Bertz CT molecular complexity index is 792. The second kappa shape index (κ2) is 7.10. The first-order valence-corrected chi connectivity index (χ1v) is 8.58. The smallest absolute Gasteiger partial charge is 0.319 e. The van der Waals surface area contributed by atoms with Crippen molar-refractivity contribution < 1.29 is 17.6 Å². The first-order chi connectivity index (χ1) is 10.8. The number of sulfonamides is 1. The van der Waals surface area contributed by atoms with Gasteiger partial charge in [-0.2, -0.15) is 0 Å². The molecule has 0 aliphatic carbocycles. The summed E-state index contributed by atoms with van der Waals surface area (Å²) in [6.45, 7) is 0.192. The lowest BCUT2D eigenvalue weighted by Gasteiger charge is -2.09. The largest absolute Gasteiger partial charge is 0.334 e. The van der Waals surface area contributed by atoms with Gasteiger partial charge in [0.1, 0.15) is 5.82 Å². The van der Waals surface area contributed by atoms with Crippen molar-refractivity contribution >= 4 is 27.4 Å². The highest BCUT2D eigenvalue weighted by Gasteiger charge is 2.04. The molecule has 0 atom stereocenters. The van der Waals surface area contributed by atoms with E-state index in [4.69, 9.17) is 0 Å². The lowest BCUT2D eigenvalue weighted by Crippen LogP contribution is -2.28. The second-order valence-electron chi connectivity index (χ2n) is 4.89. The van der Waals surface area contributed by atoms with Gasteiger partial charge in [0.2, 0.25) is 10.0 Å². The van der Waals surface area contributed by atoms with Gasteiger partial charge in [0.05, 0.1) is 6.26 Å². The minimum absolute atomic E-state index is 0.192. The van der Waals surface area contributed by atoms with Crippen LogP contribution >= 0.6 is 0 Å². The zero-order chi connectivity index (χ0) is 16.9. The molecule has 2 rings (SSSR count). The molecule has 0 unspecified atom stereocenters. The molecular formula is C15H16FN3O3S. The number of benzene rings is 2. The number of nitrogens with one attached hydrogen (secondary N) is 3. The Labute approximate surface area is 133 Å². The minimum atomic E-state index is -3.34. The fraction of sp³-hybridized carbons (Fsp3) is 0.133. The summed E-state index contributed by atoms with van der Waals surface area (Å²) >= 11 is 0. The van der Waals surface area contributed by atoms with Gasteiger partial charge in [-0.3, -0.25) is 4.72 Å². The van der Waals surface area contributed by atoms with Crippen molar-refractivity contribution in [1.29, 1.82) is 0 Å². The summed E-state index contributed by atoms with van der Waals surface area (Å²) in [5.41, 5.74) is 1.55. The van der Waals surface area contributed by atoms with Gasteiger partial charge in [-0.15, -0.1) is 0 Å². The topological polar surface area (TPSA) is 87.3 Å². The van der Waals surface area contributed by atoms with Crippen molar-refractivity contribution in [2.45, 2.75) is 6.54 Å². The molecule has 0 fully saturated rings. The molecule has 8 heteroatoms. The van der Waals surface area contributed by atoms with Crippen LogP contribution in [0.4, 0.5) is 20.6 Å². The van der Waals surface area contributed by atoms with Crippen LogP contribution in [0.5, 0.6) is 0 Å². The number of hydrogen-bond donors (Lipinski definition) is 3. The quantitative estimate of drug-likeness (QED) is 0.783. The van der Waals surface area contributed by atoms with Gasteiger partial charge in [-0.05, 0) is 42.0 Å². The predicted octanol–water partition coefficient (Wildman–Crippen LogP) is 2.52. The SMILES string of the molecule is CS(=O)(=O)Nc1ccc(NC(=O)NCc2cccc(F)c2)cc1. The Balaban J connectivity index is 1.87. The molecule has 23 heavy (non-hydrogen) atoms. The van der Waals surface area contributed by atoms with Crippen LogP contribution in [0, 0.1) is 5.82 Å². The fourth-order valence-electron chi connectivity index (χ4n) is 1.84. The van der Waals surface area contributed by atoms with Gasteiger partial charge >= 0.3 is 6.03 Å². The number of urea groups is 1. The van der Waals surface area contributed by atoms with E-state index in [0.29, 0.717) is 16.9 Å². The normalized spacial score (nSPS) is 10.9. The monoisotopic (exact) mass is 337 g/mol. The molecule has 0 aromatic heterocycles. The van der Waals surface area contributed by atoms with E-state index in [0.717, 1.165) is 6.26 Å².